The van der Waals surface area contributed by atoms with Crippen molar-refractivity contribution in [2.75, 3.05) is 23.8 Å². The first kappa shape index (κ1) is 12.7. The highest BCUT2D eigenvalue weighted by atomic mass is 32.2. The van der Waals surface area contributed by atoms with Gasteiger partial charge in [-0.25, -0.2) is 13.1 Å². The average Bonchev–Trinajstić information content (AvgIpc) is 2.85. The van der Waals surface area contributed by atoms with E-state index in [-0.39, 0.29) is 11.8 Å². The Bertz CT molecular complexity index is 307. The minimum absolute atomic E-state index is 0.173. The first-order valence-electron chi connectivity index (χ1n) is 5.97. The second-order valence-electron chi connectivity index (χ2n) is 4.58. The summed E-state index contributed by atoms with van der Waals surface area (Å²) in [5.74, 6) is 2.28. The zero-order valence-corrected chi connectivity index (χ0v) is 11.1. The van der Waals surface area contributed by atoms with Crippen molar-refractivity contribution in [2.45, 2.75) is 37.8 Å². The third-order valence-corrected chi connectivity index (χ3v) is 5.80. The van der Waals surface area contributed by atoms with Crippen LogP contribution < -0.4 is 10.0 Å². The zero-order chi connectivity index (χ0) is 11.4. The minimum Gasteiger partial charge on any atom is -0.314 e. The highest BCUT2D eigenvalue weighted by Gasteiger charge is 2.23. The van der Waals surface area contributed by atoms with Gasteiger partial charge < -0.3 is 5.32 Å². The van der Waals surface area contributed by atoms with Crippen molar-refractivity contribution in [3.8, 4) is 0 Å². The van der Waals surface area contributed by atoms with E-state index in [0.29, 0.717) is 6.04 Å². The highest BCUT2D eigenvalue weighted by molar-refractivity contribution is 7.99. The number of sulfonamides is 1. The smallest absolute Gasteiger partial charge is 0.211 e. The third-order valence-electron chi connectivity index (χ3n) is 3.17. The van der Waals surface area contributed by atoms with Gasteiger partial charge in [-0.15, -0.1) is 0 Å². The van der Waals surface area contributed by atoms with Gasteiger partial charge in [-0.2, -0.15) is 11.8 Å². The van der Waals surface area contributed by atoms with Crippen LogP contribution in [0.4, 0.5) is 0 Å². The molecule has 2 unspecified atom stereocenters. The van der Waals surface area contributed by atoms with Gasteiger partial charge in [0, 0.05) is 17.8 Å². The molecule has 2 rings (SSSR count). The molecule has 2 N–H and O–H groups in total. The molecular formula is C10H20N2O2S2. The quantitative estimate of drug-likeness (QED) is 0.761. The van der Waals surface area contributed by atoms with E-state index in [9.17, 15) is 8.42 Å². The van der Waals surface area contributed by atoms with Crippen LogP contribution in [0.5, 0.6) is 0 Å². The maximum Gasteiger partial charge on any atom is 0.211 e. The summed E-state index contributed by atoms with van der Waals surface area (Å²) < 4.78 is 26.4. The minimum atomic E-state index is -3.06. The predicted octanol–water partition coefficient (Wildman–Crippen LogP) is 0.553. The summed E-state index contributed by atoms with van der Waals surface area (Å²) >= 11 is 1.83. The maximum atomic E-state index is 11.8. The molecule has 0 aromatic rings. The Morgan fingerprint density at radius 3 is 2.88 bits per heavy atom. The van der Waals surface area contributed by atoms with Gasteiger partial charge in [0.25, 0.3) is 0 Å². The van der Waals surface area contributed by atoms with E-state index in [0.717, 1.165) is 37.3 Å². The fraction of sp³-hybridized carbons (Fsp3) is 1.00. The first-order valence-corrected chi connectivity index (χ1v) is 8.77. The van der Waals surface area contributed by atoms with Gasteiger partial charge in [0.15, 0.2) is 0 Å². The molecule has 2 fully saturated rings. The van der Waals surface area contributed by atoms with Crippen molar-refractivity contribution in [2.24, 2.45) is 0 Å². The highest BCUT2D eigenvalue weighted by Crippen LogP contribution is 2.18. The summed E-state index contributed by atoms with van der Waals surface area (Å²) in [6, 6.07) is 0.584. The molecule has 16 heavy (non-hydrogen) atoms. The van der Waals surface area contributed by atoms with E-state index in [1.165, 1.54) is 6.42 Å². The predicted molar refractivity (Wildman–Crippen MR) is 68.3 cm³/mol. The summed E-state index contributed by atoms with van der Waals surface area (Å²) in [6.45, 7) is 1.04. The van der Waals surface area contributed by atoms with E-state index < -0.39 is 10.0 Å². The van der Waals surface area contributed by atoms with Crippen LogP contribution in [0.2, 0.25) is 0 Å². The largest absolute Gasteiger partial charge is 0.314 e. The van der Waals surface area contributed by atoms with Gasteiger partial charge in [0.1, 0.15) is 0 Å². The molecule has 2 aliphatic rings. The molecule has 2 saturated heterocycles. The third kappa shape index (κ3) is 3.91. The van der Waals surface area contributed by atoms with Crippen LogP contribution in [-0.4, -0.2) is 44.3 Å². The van der Waals surface area contributed by atoms with E-state index in [4.69, 9.17) is 0 Å². The van der Waals surface area contributed by atoms with E-state index >= 15 is 0 Å². The lowest BCUT2D eigenvalue weighted by Gasteiger charge is -2.14. The fourth-order valence-corrected chi connectivity index (χ4v) is 4.92. The van der Waals surface area contributed by atoms with E-state index in [2.05, 4.69) is 10.0 Å². The van der Waals surface area contributed by atoms with Crippen LogP contribution in [0, 0.1) is 0 Å². The van der Waals surface area contributed by atoms with E-state index in [1.807, 2.05) is 11.8 Å². The second kappa shape index (κ2) is 5.71. The fourth-order valence-electron chi connectivity index (χ4n) is 2.24. The van der Waals surface area contributed by atoms with Gasteiger partial charge in [-0.05, 0) is 38.0 Å². The molecule has 2 atom stereocenters. The molecule has 2 aliphatic heterocycles. The van der Waals surface area contributed by atoms with Crippen molar-refractivity contribution < 1.29 is 8.42 Å². The molecular weight excluding hydrogens is 244 g/mol. The normalized spacial score (nSPS) is 31.0. The molecule has 2 heterocycles. The molecule has 94 valence electrons. The molecule has 0 aromatic heterocycles. The Balaban J connectivity index is 1.73. The van der Waals surface area contributed by atoms with Gasteiger partial charge >= 0.3 is 0 Å². The topological polar surface area (TPSA) is 58.2 Å². The van der Waals surface area contributed by atoms with Crippen LogP contribution in [-0.2, 0) is 10.0 Å². The molecule has 0 bridgehead atoms. The Labute approximate surface area is 102 Å². The second-order valence-corrected chi connectivity index (χ2v) is 7.60. The molecule has 6 heteroatoms. The molecule has 0 spiro atoms. The first-order chi connectivity index (χ1) is 7.66. The summed E-state index contributed by atoms with van der Waals surface area (Å²) in [5.41, 5.74) is 0. The van der Waals surface area contributed by atoms with Crippen molar-refractivity contribution in [1.29, 1.82) is 0 Å². The van der Waals surface area contributed by atoms with E-state index in [1.54, 1.807) is 0 Å². The lowest BCUT2D eigenvalue weighted by molar-refractivity contribution is 0.542. The van der Waals surface area contributed by atoms with Gasteiger partial charge in [0.05, 0.1) is 5.75 Å². The van der Waals surface area contributed by atoms with Crippen LogP contribution >= 0.6 is 11.8 Å². The number of hydrogen-bond acceptors (Lipinski definition) is 4. The number of rotatable bonds is 5. The SMILES string of the molecule is O=S(=O)(CCC1CCCN1)NC1CCSC1. The van der Waals surface area contributed by atoms with Crippen LogP contribution in [0.1, 0.15) is 25.7 Å². The molecule has 0 saturated carbocycles. The molecule has 0 aliphatic carbocycles. The summed E-state index contributed by atoms with van der Waals surface area (Å²) in [7, 11) is -3.06. The van der Waals surface area contributed by atoms with Gasteiger partial charge in [-0.1, -0.05) is 0 Å². The Morgan fingerprint density at radius 2 is 2.25 bits per heavy atom. The van der Waals surface area contributed by atoms with Crippen molar-refractivity contribution in [1.82, 2.24) is 10.0 Å². The Morgan fingerprint density at radius 1 is 1.38 bits per heavy atom. The molecule has 0 aromatic carbocycles. The van der Waals surface area contributed by atoms with Gasteiger partial charge in [-0.3, -0.25) is 0 Å². The standard InChI is InChI=1S/C10H20N2O2S2/c13-16(14,12-10-3-6-15-8-10)7-4-9-2-1-5-11-9/h9-12H,1-8H2. The Hall–Kier alpha value is 0.220. The lowest BCUT2D eigenvalue weighted by atomic mass is 10.2. The Kier molecular flexibility index (Phi) is 4.52. The maximum absolute atomic E-state index is 11.8. The van der Waals surface area contributed by atoms with Gasteiger partial charge in [0.2, 0.25) is 10.0 Å². The van der Waals surface area contributed by atoms with Crippen molar-refractivity contribution >= 4 is 21.8 Å². The number of nitrogens with one attached hydrogen (secondary N) is 2. The summed E-state index contributed by atoms with van der Waals surface area (Å²) in [6.07, 6.45) is 4.02. The monoisotopic (exact) mass is 264 g/mol. The molecule has 4 nitrogen and oxygen atoms in total. The van der Waals surface area contributed by atoms with Crippen molar-refractivity contribution in [3.05, 3.63) is 0 Å². The molecule has 0 radical (unpaired) electrons. The van der Waals surface area contributed by atoms with Crippen LogP contribution in [0.25, 0.3) is 0 Å². The average molecular weight is 264 g/mol. The van der Waals surface area contributed by atoms with Crippen molar-refractivity contribution in [3.63, 3.8) is 0 Å². The lowest BCUT2D eigenvalue weighted by Crippen LogP contribution is -2.37. The summed E-state index contributed by atoms with van der Waals surface area (Å²) in [4.78, 5) is 0. The number of hydrogen-bond donors (Lipinski definition) is 2. The summed E-state index contributed by atoms with van der Waals surface area (Å²) in [5, 5.41) is 3.33. The van der Waals surface area contributed by atoms with Crippen LogP contribution in [0.3, 0.4) is 0 Å². The molecule has 0 amide bonds. The number of thioether (sulfide) groups is 1. The zero-order valence-electron chi connectivity index (χ0n) is 9.44. The van der Waals surface area contributed by atoms with Crippen LogP contribution in [0.15, 0.2) is 0 Å².